The standard InChI is InChI=1S/C13H19F2N3O3S/c1-16-13(17-7-8-22(2,19)20)18-9-10-5-3-4-6-11(10)21-12(14)15/h3-6,12H,7-9H2,1-2H3,(H2,16,17,18). The van der Waals surface area contributed by atoms with Crippen molar-refractivity contribution in [3.05, 3.63) is 29.8 Å². The lowest BCUT2D eigenvalue weighted by molar-refractivity contribution is -0.0504. The van der Waals surface area contributed by atoms with Gasteiger partial charge in [-0.05, 0) is 6.07 Å². The third-order valence-corrected chi connectivity index (χ3v) is 3.57. The van der Waals surface area contributed by atoms with Gasteiger partial charge < -0.3 is 15.4 Å². The fraction of sp³-hybridized carbons (Fsp3) is 0.462. The molecule has 0 aliphatic heterocycles. The predicted molar refractivity (Wildman–Crippen MR) is 81.0 cm³/mol. The van der Waals surface area contributed by atoms with E-state index in [9.17, 15) is 17.2 Å². The second-order valence-electron chi connectivity index (χ2n) is 4.47. The second-order valence-corrected chi connectivity index (χ2v) is 6.73. The fourth-order valence-corrected chi connectivity index (χ4v) is 2.09. The van der Waals surface area contributed by atoms with Crippen molar-refractivity contribution in [2.45, 2.75) is 13.2 Å². The molecule has 0 aliphatic carbocycles. The SMILES string of the molecule is CN=C(NCCS(C)(=O)=O)NCc1ccccc1OC(F)F. The molecule has 2 N–H and O–H groups in total. The quantitative estimate of drug-likeness (QED) is 0.574. The number of nitrogens with zero attached hydrogens (tertiary/aromatic N) is 1. The lowest BCUT2D eigenvalue weighted by atomic mass is 10.2. The highest BCUT2D eigenvalue weighted by Gasteiger charge is 2.09. The van der Waals surface area contributed by atoms with Gasteiger partial charge in [0.2, 0.25) is 0 Å². The van der Waals surface area contributed by atoms with Crippen LogP contribution in [0.1, 0.15) is 5.56 Å². The monoisotopic (exact) mass is 335 g/mol. The van der Waals surface area contributed by atoms with E-state index in [0.717, 1.165) is 6.26 Å². The van der Waals surface area contributed by atoms with Crippen LogP contribution in [0.25, 0.3) is 0 Å². The summed E-state index contributed by atoms with van der Waals surface area (Å²) in [6, 6.07) is 6.40. The summed E-state index contributed by atoms with van der Waals surface area (Å²) in [5.41, 5.74) is 0.536. The molecule has 0 radical (unpaired) electrons. The molecule has 1 aromatic rings. The number of nitrogens with one attached hydrogen (secondary N) is 2. The van der Waals surface area contributed by atoms with Gasteiger partial charge in [-0.3, -0.25) is 4.99 Å². The van der Waals surface area contributed by atoms with Gasteiger partial charge in [-0.15, -0.1) is 0 Å². The van der Waals surface area contributed by atoms with Crippen molar-refractivity contribution in [1.29, 1.82) is 0 Å². The number of halogens is 2. The normalized spacial score (nSPS) is 12.3. The van der Waals surface area contributed by atoms with E-state index >= 15 is 0 Å². The molecule has 0 saturated heterocycles. The van der Waals surface area contributed by atoms with Gasteiger partial charge in [-0.25, -0.2) is 8.42 Å². The second kappa shape index (κ2) is 8.52. The summed E-state index contributed by atoms with van der Waals surface area (Å²) in [6.07, 6.45) is 1.14. The Kier molecular flexibility index (Phi) is 7.03. The maximum Gasteiger partial charge on any atom is 0.387 e. The van der Waals surface area contributed by atoms with Gasteiger partial charge in [0.25, 0.3) is 0 Å². The molecule has 0 unspecified atom stereocenters. The maximum absolute atomic E-state index is 12.3. The number of rotatable bonds is 7. The van der Waals surface area contributed by atoms with Crippen LogP contribution in [-0.2, 0) is 16.4 Å². The van der Waals surface area contributed by atoms with Crippen LogP contribution in [0.4, 0.5) is 8.78 Å². The number of sulfone groups is 1. The predicted octanol–water partition coefficient (Wildman–Crippen LogP) is 0.998. The van der Waals surface area contributed by atoms with E-state index < -0.39 is 16.4 Å². The number of alkyl halides is 2. The molecule has 9 heteroatoms. The highest BCUT2D eigenvalue weighted by Crippen LogP contribution is 2.19. The number of ether oxygens (including phenoxy) is 1. The smallest absolute Gasteiger partial charge is 0.387 e. The first-order chi connectivity index (χ1) is 10.3. The van der Waals surface area contributed by atoms with Crippen molar-refractivity contribution >= 4 is 15.8 Å². The minimum Gasteiger partial charge on any atom is -0.434 e. The van der Waals surface area contributed by atoms with Crippen LogP contribution in [0.5, 0.6) is 5.75 Å². The topological polar surface area (TPSA) is 79.8 Å². The summed E-state index contributed by atoms with van der Waals surface area (Å²) in [4.78, 5) is 3.92. The Bertz CT molecular complexity index is 606. The van der Waals surface area contributed by atoms with Crippen LogP contribution in [0, 0.1) is 0 Å². The zero-order chi connectivity index (χ0) is 16.6. The van der Waals surface area contributed by atoms with Gasteiger partial charge in [0.1, 0.15) is 15.6 Å². The summed E-state index contributed by atoms with van der Waals surface area (Å²) in [5.74, 6) is 0.422. The molecule has 0 aliphatic rings. The zero-order valence-corrected chi connectivity index (χ0v) is 13.2. The largest absolute Gasteiger partial charge is 0.434 e. The van der Waals surface area contributed by atoms with Gasteiger partial charge in [0.15, 0.2) is 5.96 Å². The van der Waals surface area contributed by atoms with Crippen molar-refractivity contribution < 1.29 is 21.9 Å². The molecule has 0 bridgehead atoms. The Balaban J connectivity index is 2.57. The van der Waals surface area contributed by atoms with E-state index in [0.29, 0.717) is 11.5 Å². The Morgan fingerprint density at radius 2 is 2.00 bits per heavy atom. The number of benzene rings is 1. The van der Waals surface area contributed by atoms with Gasteiger partial charge in [0, 0.05) is 32.0 Å². The first-order valence-corrected chi connectivity index (χ1v) is 8.53. The van der Waals surface area contributed by atoms with Crippen molar-refractivity contribution in [2.75, 3.05) is 25.6 Å². The fourth-order valence-electron chi connectivity index (χ4n) is 1.62. The van der Waals surface area contributed by atoms with E-state index in [1.165, 1.54) is 13.1 Å². The summed E-state index contributed by atoms with van der Waals surface area (Å²) < 4.78 is 51.1. The molecule has 124 valence electrons. The van der Waals surface area contributed by atoms with Gasteiger partial charge >= 0.3 is 6.61 Å². The van der Waals surface area contributed by atoms with E-state index in [2.05, 4.69) is 20.4 Å². The molecule has 22 heavy (non-hydrogen) atoms. The average Bonchev–Trinajstić information content (AvgIpc) is 2.42. The summed E-state index contributed by atoms with van der Waals surface area (Å²) in [7, 11) is -1.54. The molecule has 1 aromatic carbocycles. The molecule has 0 spiro atoms. The molecular weight excluding hydrogens is 316 g/mol. The van der Waals surface area contributed by atoms with E-state index in [1.54, 1.807) is 18.2 Å². The van der Waals surface area contributed by atoms with Crippen molar-refractivity contribution in [1.82, 2.24) is 10.6 Å². The summed E-state index contributed by atoms with van der Waals surface area (Å²) in [6.45, 7) is -2.48. The van der Waals surface area contributed by atoms with Crippen LogP contribution < -0.4 is 15.4 Å². The van der Waals surface area contributed by atoms with E-state index in [4.69, 9.17) is 0 Å². The Labute approximate surface area is 128 Å². The Morgan fingerprint density at radius 1 is 1.32 bits per heavy atom. The first-order valence-electron chi connectivity index (χ1n) is 6.47. The van der Waals surface area contributed by atoms with Gasteiger partial charge in [-0.2, -0.15) is 8.78 Å². The van der Waals surface area contributed by atoms with Crippen molar-refractivity contribution in [3.8, 4) is 5.75 Å². The number of para-hydroxylation sites is 1. The molecule has 0 fully saturated rings. The summed E-state index contributed by atoms with van der Waals surface area (Å²) in [5, 5.41) is 5.73. The van der Waals surface area contributed by atoms with Crippen LogP contribution in [0.15, 0.2) is 29.3 Å². The Morgan fingerprint density at radius 3 is 2.59 bits per heavy atom. The minimum absolute atomic E-state index is 0.0290. The van der Waals surface area contributed by atoms with E-state index in [1.807, 2.05) is 0 Å². The molecule has 6 nitrogen and oxygen atoms in total. The molecular formula is C13H19F2N3O3S. The average molecular weight is 335 g/mol. The van der Waals surface area contributed by atoms with Gasteiger partial charge in [-0.1, -0.05) is 18.2 Å². The van der Waals surface area contributed by atoms with Crippen LogP contribution in [-0.4, -0.2) is 46.6 Å². The van der Waals surface area contributed by atoms with Crippen molar-refractivity contribution in [2.24, 2.45) is 4.99 Å². The summed E-state index contributed by atoms with van der Waals surface area (Å²) >= 11 is 0. The molecule has 0 heterocycles. The van der Waals surface area contributed by atoms with Crippen LogP contribution in [0.3, 0.4) is 0 Å². The first kappa shape index (κ1) is 18.1. The molecule has 1 rings (SSSR count). The third-order valence-electron chi connectivity index (χ3n) is 2.62. The minimum atomic E-state index is -3.06. The van der Waals surface area contributed by atoms with Crippen LogP contribution >= 0.6 is 0 Å². The lowest BCUT2D eigenvalue weighted by Gasteiger charge is -2.14. The number of hydrogen-bond donors (Lipinski definition) is 2. The maximum atomic E-state index is 12.3. The third kappa shape index (κ3) is 7.21. The highest BCUT2D eigenvalue weighted by molar-refractivity contribution is 7.90. The zero-order valence-electron chi connectivity index (χ0n) is 12.3. The van der Waals surface area contributed by atoms with Crippen molar-refractivity contribution in [3.63, 3.8) is 0 Å². The number of aliphatic imine (C=N–C) groups is 1. The van der Waals surface area contributed by atoms with E-state index in [-0.39, 0.29) is 24.6 Å². The Hall–Kier alpha value is -1.90. The number of guanidine groups is 1. The molecule has 0 aromatic heterocycles. The molecule has 0 saturated carbocycles. The lowest BCUT2D eigenvalue weighted by Crippen LogP contribution is -2.39. The molecule has 0 amide bonds. The molecule has 0 atom stereocenters. The highest BCUT2D eigenvalue weighted by atomic mass is 32.2. The van der Waals surface area contributed by atoms with Gasteiger partial charge in [0.05, 0.1) is 5.75 Å². The number of hydrogen-bond acceptors (Lipinski definition) is 4. The van der Waals surface area contributed by atoms with Crippen LogP contribution in [0.2, 0.25) is 0 Å².